The summed E-state index contributed by atoms with van der Waals surface area (Å²) >= 11 is 0. The van der Waals surface area contributed by atoms with Crippen LogP contribution < -0.4 is 9.80 Å². The van der Waals surface area contributed by atoms with Crippen molar-refractivity contribution in [3.8, 4) is 0 Å². The third-order valence-electron chi connectivity index (χ3n) is 9.23. The summed E-state index contributed by atoms with van der Waals surface area (Å²) in [6, 6.07) is 58.7. The van der Waals surface area contributed by atoms with Crippen LogP contribution in [0, 0.1) is 0 Å². The fourth-order valence-corrected chi connectivity index (χ4v) is 7.07. The molecule has 0 radical (unpaired) electrons. The van der Waals surface area contributed by atoms with Gasteiger partial charge in [-0.25, -0.2) is 0 Å². The molecule has 48 heavy (non-hydrogen) atoms. The predicted molar refractivity (Wildman–Crippen MR) is 205 cm³/mol. The number of benzene rings is 7. The van der Waals surface area contributed by atoms with Crippen molar-refractivity contribution >= 4 is 50.0 Å². The minimum Gasteiger partial charge on any atom is -0.310 e. The lowest BCUT2D eigenvalue weighted by Gasteiger charge is -2.28. The molecule has 0 spiro atoms. The van der Waals surface area contributed by atoms with Crippen molar-refractivity contribution in [3.05, 3.63) is 211 Å². The molecule has 0 atom stereocenters. The lowest BCUT2D eigenvalue weighted by molar-refractivity contribution is 1.13. The van der Waals surface area contributed by atoms with Crippen LogP contribution in [-0.2, 0) is 12.8 Å². The van der Waals surface area contributed by atoms with Crippen LogP contribution in [0.5, 0.6) is 0 Å². The average Bonchev–Trinajstić information content (AvgIpc) is 3.55. The van der Waals surface area contributed by atoms with Gasteiger partial charge in [-0.05, 0) is 95.4 Å². The summed E-state index contributed by atoms with van der Waals surface area (Å²) in [5, 5.41) is 4.90. The largest absolute Gasteiger partial charge is 0.310 e. The van der Waals surface area contributed by atoms with Crippen molar-refractivity contribution in [2.24, 2.45) is 0 Å². The number of hydrogen-bond donors (Lipinski definition) is 0. The van der Waals surface area contributed by atoms with E-state index in [-0.39, 0.29) is 0 Å². The molecule has 0 aromatic heterocycles. The Morgan fingerprint density at radius 3 is 1.75 bits per heavy atom. The highest BCUT2D eigenvalue weighted by atomic mass is 15.2. The van der Waals surface area contributed by atoms with Gasteiger partial charge in [0, 0.05) is 33.5 Å². The van der Waals surface area contributed by atoms with E-state index in [9.17, 15) is 0 Å². The maximum Gasteiger partial charge on any atom is 0.0540 e. The highest BCUT2D eigenvalue weighted by Gasteiger charge is 2.22. The zero-order valence-electron chi connectivity index (χ0n) is 26.8. The smallest absolute Gasteiger partial charge is 0.0540 e. The van der Waals surface area contributed by atoms with Crippen LogP contribution in [0.1, 0.15) is 11.1 Å². The zero-order valence-corrected chi connectivity index (χ0v) is 26.8. The van der Waals surface area contributed by atoms with Crippen molar-refractivity contribution in [1.29, 1.82) is 0 Å². The first-order valence-corrected chi connectivity index (χ1v) is 16.6. The standard InChI is InChI=1S/C46H36N2/c1-2-15-41(47(39-20-5-3-6-21-39)45-26-13-18-35-16-9-11-24-43(35)45)32-34-30-37-28-29-42(33-38(37)31-34)48(40-22-7-4-8-23-40)46-27-14-19-36-17-10-12-25-44(36)46/h2-29,32-33H,1,30-31H2/b34-32+,41-15+. The Balaban J connectivity index is 1.19. The van der Waals surface area contributed by atoms with Crippen molar-refractivity contribution in [2.75, 3.05) is 9.80 Å². The molecule has 0 N–H and O–H groups in total. The van der Waals surface area contributed by atoms with E-state index in [1.165, 1.54) is 49.6 Å². The normalized spacial score (nSPS) is 13.5. The summed E-state index contributed by atoms with van der Waals surface area (Å²) in [6.07, 6.45) is 8.22. The second-order valence-corrected chi connectivity index (χ2v) is 12.3. The molecule has 0 aliphatic heterocycles. The van der Waals surface area contributed by atoms with Crippen LogP contribution in [0.25, 0.3) is 21.5 Å². The quantitative estimate of drug-likeness (QED) is 0.157. The fourth-order valence-electron chi connectivity index (χ4n) is 7.07. The number of nitrogens with zero attached hydrogens (tertiary/aromatic N) is 2. The molecule has 0 saturated carbocycles. The number of anilines is 5. The molecule has 7 aromatic carbocycles. The molecule has 1 aliphatic carbocycles. The van der Waals surface area contributed by atoms with Crippen LogP contribution in [-0.4, -0.2) is 0 Å². The molecule has 0 saturated heterocycles. The summed E-state index contributed by atoms with van der Waals surface area (Å²) in [5.41, 5.74) is 11.0. The van der Waals surface area contributed by atoms with E-state index in [1.807, 2.05) is 6.08 Å². The van der Waals surface area contributed by atoms with Gasteiger partial charge in [-0.3, -0.25) is 0 Å². The lowest BCUT2D eigenvalue weighted by atomic mass is 10.0. The third-order valence-corrected chi connectivity index (χ3v) is 9.23. The molecule has 0 fully saturated rings. The number of allylic oxidation sites excluding steroid dienone is 4. The lowest BCUT2D eigenvalue weighted by Crippen LogP contribution is -2.16. The monoisotopic (exact) mass is 616 g/mol. The van der Waals surface area contributed by atoms with Crippen LogP contribution in [0.3, 0.4) is 0 Å². The molecule has 2 nitrogen and oxygen atoms in total. The third kappa shape index (κ3) is 5.59. The first-order chi connectivity index (χ1) is 23.8. The van der Waals surface area contributed by atoms with Gasteiger partial charge in [0.25, 0.3) is 0 Å². The molecular formula is C46H36N2. The Kier molecular flexibility index (Phi) is 7.90. The first kappa shape index (κ1) is 29.3. The van der Waals surface area contributed by atoms with Gasteiger partial charge in [0.05, 0.1) is 11.4 Å². The van der Waals surface area contributed by atoms with Crippen molar-refractivity contribution in [3.63, 3.8) is 0 Å². The van der Waals surface area contributed by atoms with Crippen LogP contribution in [0.15, 0.2) is 200 Å². The minimum atomic E-state index is 0.897. The second-order valence-electron chi connectivity index (χ2n) is 12.3. The minimum absolute atomic E-state index is 0.897. The molecule has 7 aromatic rings. The number of para-hydroxylation sites is 2. The van der Waals surface area contributed by atoms with Crippen LogP contribution in [0.4, 0.5) is 28.4 Å². The van der Waals surface area contributed by atoms with Gasteiger partial charge in [0.15, 0.2) is 0 Å². The van der Waals surface area contributed by atoms with E-state index in [2.05, 4.69) is 192 Å². The van der Waals surface area contributed by atoms with Crippen molar-refractivity contribution < 1.29 is 0 Å². The van der Waals surface area contributed by atoms with E-state index in [0.29, 0.717) is 0 Å². The fraction of sp³-hybridized carbons (Fsp3) is 0.0435. The summed E-state index contributed by atoms with van der Waals surface area (Å²) in [4.78, 5) is 4.76. The first-order valence-electron chi connectivity index (χ1n) is 16.6. The highest BCUT2D eigenvalue weighted by molar-refractivity contribution is 5.99. The van der Waals surface area contributed by atoms with Gasteiger partial charge in [-0.15, -0.1) is 0 Å². The van der Waals surface area contributed by atoms with Crippen molar-refractivity contribution in [2.45, 2.75) is 12.8 Å². The Bertz CT molecular complexity index is 2300. The molecule has 0 heterocycles. The maximum atomic E-state index is 4.12. The van der Waals surface area contributed by atoms with Gasteiger partial charge in [0.1, 0.15) is 0 Å². The Hall–Kier alpha value is -6.12. The van der Waals surface area contributed by atoms with E-state index in [1.54, 1.807) is 0 Å². The van der Waals surface area contributed by atoms with Gasteiger partial charge in [-0.1, -0.05) is 133 Å². The van der Waals surface area contributed by atoms with Crippen LogP contribution in [0.2, 0.25) is 0 Å². The van der Waals surface area contributed by atoms with Gasteiger partial charge in [-0.2, -0.15) is 0 Å². The summed E-state index contributed by atoms with van der Waals surface area (Å²) < 4.78 is 0. The van der Waals surface area contributed by atoms with E-state index >= 15 is 0 Å². The molecule has 0 bridgehead atoms. The summed E-state index contributed by atoms with van der Waals surface area (Å²) in [7, 11) is 0. The molecule has 0 unspecified atom stereocenters. The molecular weight excluding hydrogens is 581 g/mol. The SMILES string of the molecule is C=C/C=C(\C=C1/Cc2ccc(N(c3ccccc3)c3cccc4ccccc34)cc2C1)N(c1ccccc1)c1cccc2ccccc12. The molecule has 2 heteroatoms. The van der Waals surface area contributed by atoms with E-state index in [4.69, 9.17) is 0 Å². The molecule has 0 amide bonds. The zero-order chi connectivity index (χ0) is 32.3. The Morgan fingerprint density at radius 2 is 1.06 bits per heavy atom. The number of hydrogen-bond acceptors (Lipinski definition) is 2. The van der Waals surface area contributed by atoms with Crippen molar-refractivity contribution in [1.82, 2.24) is 0 Å². The maximum absolute atomic E-state index is 4.12. The highest BCUT2D eigenvalue weighted by Crippen LogP contribution is 2.42. The van der Waals surface area contributed by atoms with E-state index < -0.39 is 0 Å². The molecule has 8 rings (SSSR count). The molecule has 230 valence electrons. The topological polar surface area (TPSA) is 6.48 Å². The van der Waals surface area contributed by atoms with E-state index in [0.717, 1.165) is 35.6 Å². The number of fused-ring (bicyclic) bond motifs is 3. The number of rotatable bonds is 8. The average molecular weight is 617 g/mol. The summed E-state index contributed by atoms with van der Waals surface area (Å²) in [6.45, 7) is 4.12. The predicted octanol–water partition coefficient (Wildman–Crippen LogP) is 12.4. The summed E-state index contributed by atoms with van der Waals surface area (Å²) in [5.74, 6) is 0. The Morgan fingerprint density at radius 1 is 0.500 bits per heavy atom. The Labute approximate surface area is 282 Å². The van der Waals surface area contributed by atoms with Crippen LogP contribution >= 0.6 is 0 Å². The molecule has 1 aliphatic rings. The van der Waals surface area contributed by atoms with Gasteiger partial charge in [0.2, 0.25) is 0 Å². The van der Waals surface area contributed by atoms with Gasteiger partial charge >= 0.3 is 0 Å². The second kappa shape index (κ2) is 12.9. The van der Waals surface area contributed by atoms with Gasteiger partial charge < -0.3 is 9.80 Å².